The Morgan fingerprint density at radius 2 is 1.95 bits per heavy atom. The van der Waals surface area contributed by atoms with Gasteiger partial charge in [0.2, 0.25) is 0 Å². The molecule has 4 unspecified atom stereocenters. The van der Waals surface area contributed by atoms with E-state index < -0.39 is 12.0 Å². The number of hydrogen-bond donors (Lipinski definition) is 3. The molecule has 0 radical (unpaired) electrons. The van der Waals surface area contributed by atoms with Crippen LogP contribution in [0.2, 0.25) is 0 Å². The molecule has 1 aliphatic carbocycles. The van der Waals surface area contributed by atoms with Crippen molar-refractivity contribution in [3.05, 3.63) is 0 Å². The molecule has 5 heteroatoms. The third-order valence-corrected chi connectivity index (χ3v) is 4.51. The summed E-state index contributed by atoms with van der Waals surface area (Å²) in [5.74, 6) is 0.0937. The van der Waals surface area contributed by atoms with Crippen molar-refractivity contribution in [3.8, 4) is 0 Å². The predicted molar refractivity (Wildman–Crippen MR) is 78.5 cm³/mol. The van der Waals surface area contributed by atoms with Crippen molar-refractivity contribution >= 4 is 12.0 Å². The molecule has 1 aliphatic rings. The lowest BCUT2D eigenvalue weighted by atomic mass is 9.80. The van der Waals surface area contributed by atoms with E-state index in [0.29, 0.717) is 18.3 Å². The standard InChI is InChI=1S/C15H28N2O3/c1-5-10(3)13(14(18)19)17-15(20)16-12-7-6-9(2)8-11(12)4/h9-13H,5-8H2,1-4H3,(H,18,19)(H2,16,17,20)/t9?,10?,11?,12?,13-/m0/s1. The number of carbonyl (C=O) groups excluding carboxylic acids is 1. The van der Waals surface area contributed by atoms with Gasteiger partial charge in [-0.2, -0.15) is 0 Å². The van der Waals surface area contributed by atoms with Crippen LogP contribution in [0.4, 0.5) is 4.79 Å². The third-order valence-electron chi connectivity index (χ3n) is 4.51. The van der Waals surface area contributed by atoms with Crippen LogP contribution in [0.25, 0.3) is 0 Å². The van der Waals surface area contributed by atoms with Gasteiger partial charge in [0.05, 0.1) is 0 Å². The minimum absolute atomic E-state index is 0.0814. The Balaban J connectivity index is 2.51. The summed E-state index contributed by atoms with van der Waals surface area (Å²) in [6.07, 6.45) is 3.91. The van der Waals surface area contributed by atoms with Gasteiger partial charge < -0.3 is 15.7 Å². The molecule has 0 saturated heterocycles. The Kier molecular flexibility index (Phi) is 6.30. The molecule has 0 heterocycles. The van der Waals surface area contributed by atoms with E-state index >= 15 is 0 Å². The number of carbonyl (C=O) groups is 2. The molecule has 0 aliphatic heterocycles. The maximum atomic E-state index is 12.0. The highest BCUT2D eigenvalue weighted by Gasteiger charge is 2.29. The smallest absolute Gasteiger partial charge is 0.326 e. The quantitative estimate of drug-likeness (QED) is 0.726. The van der Waals surface area contributed by atoms with Crippen LogP contribution in [0, 0.1) is 17.8 Å². The van der Waals surface area contributed by atoms with Gasteiger partial charge >= 0.3 is 12.0 Å². The summed E-state index contributed by atoms with van der Waals surface area (Å²) in [5, 5.41) is 14.7. The summed E-state index contributed by atoms with van der Waals surface area (Å²) < 4.78 is 0. The number of amides is 2. The molecule has 0 bridgehead atoms. The van der Waals surface area contributed by atoms with Gasteiger partial charge in [0.1, 0.15) is 6.04 Å². The molecule has 1 saturated carbocycles. The van der Waals surface area contributed by atoms with Crippen LogP contribution >= 0.6 is 0 Å². The van der Waals surface area contributed by atoms with Gasteiger partial charge in [0.15, 0.2) is 0 Å². The molecule has 0 spiro atoms. The number of rotatable bonds is 5. The van der Waals surface area contributed by atoms with Gasteiger partial charge in [-0.25, -0.2) is 9.59 Å². The molecular weight excluding hydrogens is 256 g/mol. The summed E-state index contributed by atoms with van der Waals surface area (Å²) in [6, 6.07) is -1.03. The van der Waals surface area contributed by atoms with Gasteiger partial charge in [0.25, 0.3) is 0 Å². The summed E-state index contributed by atoms with van der Waals surface area (Å²) in [5.41, 5.74) is 0. The number of urea groups is 1. The largest absolute Gasteiger partial charge is 0.480 e. The monoisotopic (exact) mass is 284 g/mol. The van der Waals surface area contributed by atoms with Crippen LogP contribution in [0.3, 0.4) is 0 Å². The average Bonchev–Trinajstić information content (AvgIpc) is 2.38. The van der Waals surface area contributed by atoms with E-state index in [0.717, 1.165) is 19.3 Å². The first-order chi connectivity index (χ1) is 9.35. The zero-order chi connectivity index (χ0) is 15.3. The van der Waals surface area contributed by atoms with Crippen LogP contribution in [0.1, 0.15) is 53.4 Å². The van der Waals surface area contributed by atoms with Gasteiger partial charge in [-0.3, -0.25) is 0 Å². The molecule has 3 N–H and O–H groups in total. The first-order valence-corrected chi connectivity index (χ1v) is 7.64. The second kappa shape index (κ2) is 7.50. The predicted octanol–water partition coefficient (Wildman–Crippen LogP) is 2.61. The minimum Gasteiger partial charge on any atom is -0.480 e. The minimum atomic E-state index is -0.972. The summed E-state index contributed by atoms with van der Waals surface area (Å²) in [4.78, 5) is 23.2. The molecule has 20 heavy (non-hydrogen) atoms. The molecule has 5 atom stereocenters. The average molecular weight is 284 g/mol. The molecule has 1 fully saturated rings. The van der Waals surface area contributed by atoms with Crippen LogP contribution in [0.15, 0.2) is 0 Å². The molecule has 116 valence electrons. The SMILES string of the molecule is CCC(C)[C@H](NC(=O)NC1CCC(C)CC1C)C(=O)O. The number of carboxylic acid groups (broad SMARTS) is 1. The molecular formula is C15H28N2O3. The molecule has 0 aromatic carbocycles. The van der Waals surface area contributed by atoms with Crippen LogP contribution in [0.5, 0.6) is 0 Å². The summed E-state index contributed by atoms with van der Waals surface area (Å²) in [7, 11) is 0. The fourth-order valence-electron chi connectivity index (χ4n) is 2.91. The molecule has 2 amide bonds. The van der Waals surface area contributed by atoms with E-state index in [1.54, 1.807) is 0 Å². The van der Waals surface area contributed by atoms with E-state index in [2.05, 4.69) is 24.5 Å². The van der Waals surface area contributed by atoms with Crippen LogP contribution in [-0.2, 0) is 4.79 Å². The second-order valence-corrected chi connectivity index (χ2v) is 6.32. The highest BCUT2D eigenvalue weighted by molar-refractivity contribution is 5.82. The number of carboxylic acids is 1. The van der Waals surface area contributed by atoms with Crippen molar-refractivity contribution in [2.75, 3.05) is 0 Å². The van der Waals surface area contributed by atoms with Crippen LogP contribution in [-0.4, -0.2) is 29.2 Å². The van der Waals surface area contributed by atoms with E-state index in [1.807, 2.05) is 13.8 Å². The molecule has 0 aromatic heterocycles. The van der Waals surface area contributed by atoms with Crippen LogP contribution < -0.4 is 10.6 Å². The molecule has 5 nitrogen and oxygen atoms in total. The summed E-state index contributed by atoms with van der Waals surface area (Å²) >= 11 is 0. The number of nitrogens with one attached hydrogen (secondary N) is 2. The molecule has 0 aromatic rings. The highest BCUT2D eigenvalue weighted by atomic mass is 16.4. The normalized spacial score (nSPS) is 29.3. The molecule has 1 rings (SSSR count). The van der Waals surface area contributed by atoms with Gasteiger partial charge in [0, 0.05) is 6.04 Å². The fourth-order valence-corrected chi connectivity index (χ4v) is 2.91. The van der Waals surface area contributed by atoms with E-state index in [4.69, 9.17) is 0 Å². The first-order valence-electron chi connectivity index (χ1n) is 7.64. The van der Waals surface area contributed by atoms with Crippen molar-refractivity contribution in [1.82, 2.24) is 10.6 Å². The van der Waals surface area contributed by atoms with Crippen molar-refractivity contribution in [3.63, 3.8) is 0 Å². The second-order valence-electron chi connectivity index (χ2n) is 6.32. The lowest BCUT2D eigenvalue weighted by molar-refractivity contribution is -0.140. The lowest BCUT2D eigenvalue weighted by Crippen LogP contribution is -2.53. The van der Waals surface area contributed by atoms with Crippen molar-refractivity contribution in [2.24, 2.45) is 17.8 Å². The Bertz CT molecular complexity index is 346. The van der Waals surface area contributed by atoms with Crippen molar-refractivity contribution in [2.45, 2.75) is 65.5 Å². The van der Waals surface area contributed by atoms with E-state index in [-0.39, 0.29) is 18.0 Å². The zero-order valence-electron chi connectivity index (χ0n) is 13.0. The van der Waals surface area contributed by atoms with Crippen molar-refractivity contribution in [1.29, 1.82) is 0 Å². The topological polar surface area (TPSA) is 78.4 Å². The third kappa shape index (κ3) is 4.69. The fraction of sp³-hybridized carbons (Fsp3) is 0.867. The van der Waals surface area contributed by atoms with Gasteiger partial charge in [-0.05, 0) is 37.0 Å². The Labute approximate surface area is 121 Å². The Hall–Kier alpha value is -1.26. The Morgan fingerprint density at radius 3 is 2.45 bits per heavy atom. The first kappa shape index (κ1) is 16.8. The van der Waals surface area contributed by atoms with E-state index in [9.17, 15) is 14.7 Å². The highest BCUT2D eigenvalue weighted by Crippen LogP contribution is 2.28. The van der Waals surface area contributed by atoms with E-state index in [1.165, 1.54) is 0 Å². The maximum absolute atomic E-state index is 12.0. The lowest BCUT2D eigenvalue weighted by Gasteiger charge is -2.33. The zero-order valence-corrected chi connectivity index (χ0v) is 13.0. The Morgan fingerprint density at radius 1 is 1.30 bits per heavy atom. The number of hydrogen-bond acceptors (Lipinski definition) is 2. The van der Waals surface area contributed by atoms with Gasteiger partial charge in [-0.15, -0.1) is 0 Å². The number of aliphatic carboxylic acids is 1. The maximum Gasteiger partial charge on any atom is 0.326 e. The van der Waals surface area contributed by atoms with Gasteiger partial charge in [-0.1, -0.05) is 34.1 Å². The van der Waals surface area contributed by atoms with Crippen molar-refractivity contribution < 1.29 is 14.7 Å². The summed E-state index contributed by atoms with van der Waals surface area (Å²) in [6.45, 7) is 8.13.